The number of nitrogens with zero attached hydrogens (tertiary/aromatic N) is 4. The van der Waals surface area contributed by atoms with Crippen LogP contribution < -0.4 is 0 Å². The molecule has 8 heteroatoms. The average Bonchev–Trinajstić information content (AvgIpc) is 2.97. The minimum Gasteiger partial charge on any atom is -0.339 e. The Morgan fingerprint density at radius 2 is 1.90 bits per heavy atom. The zero-order valence-electron chi connectivity index (χ0n) is 11.6. The van der Waals surface area contributed by atoms with E-state index >= 15 is 0 Å². The molecule has 112 valence electrons. The quantitative estimate of drug-likeness (QED) is 0.848. The summed E-state index contributed by atoms with van der Waals surface area (Å²) >= 11 is 0. The fourth-order valence-corrected chi connectivity index (χ4v) is 3.33. The van der Waals surface area contributed by atoms with Gasteiger partial charge in [0.1, 0.15) is 0 Å². The highest BCUT2D eigenvalue weighted by Gasteiger charge is 2.29. The Hall–Kier alpha value is -1.80. The Kier molecular flexibility index (Phi) is 3.73. The highest BCUT2D eigenvalue weighted by Crippen LogP contribution is 2.29. The Bertz CT molecular complexity index is 706. The SMILES string of the molecule is CS(=O)(=O)N1CCC(c2nc(-c3ccncc3)no2)CC1. The number of sulfonamides is 1. The van der Waals surface area contributed by atoms with Gasteiger partial charge in [-0.1, -0.05) is 5.16 Å². The summed E-state index contributed by atoms with van der Waals surface area (Å²) in [5.41, 5.74) is 0.855. The fourth-order valence-electron chi connectivity index (χ4n) is 2.45. The van der Waals surface area contributed by atoms with E-state index in [1.807, 2.05) is 12.1 Å². The van der Waals surface area contributed by atoms with Crippen LogP contribution in [-0.2, 0) is 10.0 Å². The summed E-state index contributed by atoms with van der Waals surface area (Å²) in [6.45, 7) is 0.993. The molecule has 1 aliphatic rings. The van der Waals surface area contributed by atoms with Crippen molar-refractivity contribution in [3.63, 3.8) is 0 Å². The first-order valence-electron chi connectivity index (χ1n) is 6.73. The third-order valence-electron chi connectivity index (χ3n) is 3.65. The number of aromatic nitrogens is 3. The van der Waals surface area contributed by atoms with Gasteiger partial charge >= 0.3 is 0 Å². The van der Waals surface area contributed by atoms with E-state index in [1.54, 1.807) is 12.4 Å². The van der Waals surface area contributed by atoms with E-state index in [2.05, 4.69) is 15.1 Å². The van der Waals surface area contributed by atoms with E-state index < -0.39 is 10.0 Å². The van der Waals surface area contributed by atoms with Crippen molar-refractivity contribution >= 4 is 10.0 Å². The van der Waals surface area contributed by atoms with Crippen LogP contribution in [0.4, 0.5) is 0 Å². The van der Waals surface area contributed by atoms with Crippen molar-refractivity contribution in [3.05, 3.63) is 30.4 Å². The van der Waals surface area contributed by atoms with Gasteiger partial charge in [-0.15, -0.1) is 0 Å². The minimum absolute atomic E-state index is 0.117. The normalized spacial score (nSPS) is 18.0. The van der Waals surface area contributed by atoms with Crippen molar-refractivity contribution in [1.29, 1.82) is 0 Å². The lowest BCUT2D eigenvalue weighted by molar-refractivity contribution is 0.271. The van der Waals surface area contributed by atoms with Gasteiger partial charge in [0.05, 0.1) is 6.26 Å². The highest BCUT2D eigenvalue weighted by atomic mass is 32.2. The van der Waals surface area contributed by atoms with Crippen LogP contribution in [0.1, 0.15) is 24.7 Å². The summed E-state index contributed by atoms with van der Waals surface area (Å²) in [5.74, 6) is 1.24. The van der Waals surface area contributed by atoms with Crippen molar-refractivity contribution in [2.75, 3.05) is 19.3 Å². The van der Waals surface area contributed by atoms with E-state index in [1.165, 1.54) is 10.6 Å². The van der Waals surface area contributed by atoms with Crippen molar-refractivity contribution in [3.8, 4) is 11.4 Å². The van der Waals surface area contributed by atoms with Crippen LogP contribution in [0.2, 0.25) is 0 Å². The van der Waals surface area contributed by atoms with Crippen molar-refractivity contribution < 1.29 is 12.9 Å². The summed E-state index contributed by atoms with van der Waals surface area (Å²) < 4.78 is 29.8. The van der Waals surface area contributed by atoms with Gasteiger partial charge in [0, 0.05) is 37.0 Å². The molecule has 0 amide bonds. The molecule has 0 aliphatic carbocycles. The number of rotatable bonds is 3. The van der Waals surface area contributed by atoms with E-state index in [0.29, 0.717) is 37.6 Å². The van der Waals surface area contributed by atoms with Gasteiger partial charge in [-0.2, -0.15) is 4.98 Å². The molecule has 2 aromatic heterocycles. The Labute approximate surface area is 123 Å². The molecule has 2 aromatic rings. The molecule has 0 spiro atoms. The summed E-state index contributed by atoms with van der Waals surface area (Å²) in [7, 11) is -3.11. The number of piperidine rings is 1. The van der Waals surface area contributed by atoms with Gasteiger partial charge in [0.25, 0.3) is 0 Å². The maximum absolute atomic E-state index is 11.5. The molecule has 0 aromatic carbocycles. The molecule has 3 heterocycles. The topological polar surface area (TPSA) is 89.2 Å². The van der Waals surface area contributed by atoms with Crippen LogP contribution in [-0.4, -0.2) is 47.2 Å². The van der Waals surface area contributed by atoms with E-state index in [4.69, 9.17) is 4.52 Å². The van der Waals surface area contributed by atoms with Crippen LogP contribution in [0.3, 0.4) is 0 Å². The standard InChI is InChI=1S/C13H16N4O3S/c1-21(18,19)17-8-4-11(5-9-17)13-15-12(16-20-13)10-2-6-14-7-3-10/h2-3,6-7,11H,4-5,8-9H2,1H3. The molecular weight excluding hydrogens is 292 g/mol. The maximum Gasteiger partial charge on any atom is 0.230 e. The summed E-state index contributed by atoms with van der Waals surface area (Å²) in [4.78, 5) is 8.37. The molecule has 21 heavy (non-hydrogen) atoms. The third-order valence-corrected chi connectivity index (χ3v) is 4.96. The fraction of sp³-hybridized carbons (Fsp3) is 0.462. The molecule has 3 rings (SSSR count). The molecule has 1 aliphatic heterocycles. The maximum atomic E-state index is 11.5. The van der Waals surface area contributed by atoms with Crippen molar-refractivity contribution in [2.45, 2.75) is 18.8 Å². The minimum atomic E-state index is -3.11. The highest BCUT2D eigenvalue weighted by molar-refractivity contribution is 7.88. The molecule has 7 nitrogen and oxygen atoms in total. The average molecular weight is 308 g/mol. The van der Waals surface area contributed by atoms with Crippen LogP contribution in [0, 0.1) is 0 Å². The molecule has 0 radical (unpaired) electrons. The van der Waals surface area contributed by atoms with Gasteiger partial charge in [-0.3, -0.25) is 4.98 Å². The lowest BCUT2D eigenvalue weighted by Gasteiger charge is -2.28. The van der Waals surface area contributed by atoms with E-state index in [9.17, 15) is 8.42 Å². The molecule has 1 fully saturated rings. The smallest absolute Gasteiger partial charge is 0.230 e. The number of hydrogen-bond acceptors (Lipinski definition) is 6. The summed E-state index contributed by atoms with van der Waals surface area (Å²) in [6.07, 6.45) is 5.99. The van der Waals surface area contributed by atoms with Crippen LogP contribution in [0.5, 0.6) is 0 Å². The molecule has 0 unspecified atom stereocenters. The molecule has 0 bridgehead atoms. The zero-order chi connectivity index (χ0) is 14.9. The number of pyridine rings is 1. The van der Waals surface area contributed by atoms with Gasteiger partial charge in [-0.25, -0.2) is 12.7 Å². The Morgan fingerprint density at radius 1 is 1.24 bits per heavy atom. The van der Waals surface area contributed by atoms with Gasteiger partial charge in [0.2, 0.25) is 21.7 Å². The molecule has 1 saturated heterocycles. The van der Waals surface area contributed by atoms with Crippen LogP contribution >= 0.6 is 0 Å². The van der Waals surface area contributed by atoms with Gasteiger partial charge in [0.15, 0.2) is 0 Å². The monoisotopic (exact) mass is 308 g/mol. The first kappa shape index (κ1) is 14.2. The Morgan fingerprint density at radius 3 is 2.52 bits per heavy atom. The lowest BCUT2D eigenvalue weighted by atomic mass is 9.98. The largest absolute Gasteiger partial charge is 0.339 e. The zero-order valence-corrected chi connectivity index (χ0v) is 12.5. The van der Waals surface area contributed by atoms with Crippen molar-refractivity contribution in [1.82, 2.24) is 19.4 Å². The van der Waals surface area contributed by atoms with E-state index in [0.717, 1.165) is 5.56 Å². The Balaban J connectivity index is 1.71. The van der Waals surface area contributed by atoms with E-state index in [-0.39, 0.29) is 5.92 Å². The lowest BCUT2D eigenvalue weighted by Crippen LogP contribution is -2.37. The van der Waals surface area contributed by atoms with Gasteiger partial charge < -0.3 is 4.52 Å². The second-order valence-electron chi connectivity index (χ2n) is 5.13. The van der Waals surface area contributed by atoms with Crippen molar-refractivity contribution in [2.24, 2.45) is 0 Å². The number of hydrogen-bond donors (Lipinski definition) is 0. The predicted molar refractivity (Wildman–Crippen MR) is 75.9 cm³/mol. The summed E-state index contributed by atoms with van der Waals surface area (Å²) in [6, 6.07) is 3.64. The first-order valence-corrected chi connectivity index (χ1v) is 8.58. The molecular formula is C13H16N4O3S. The molecule has 0 N–H and O–H groups in total. The summed E-state index contributed by atoms with van der Waals surface area (Å²) in [5, 5.41) is 3.98. The molecule has 0 atom stereocenters. The second kappa shape index (κ2) is 5.53. The molecule has 0 saturated carbocycles. The van der Waals surface area contributed by atoms with Crippen LogP contribution in [0.15, 0.2) is 29.0 Å². The second-order valence-corrected chi connectivity index (χ2v) is 7.11. The first-order chi connectivity index (χ1) is 10.0. The predicted octanol–water partition coefficient (Wildman–Crippen LogP) is 1.27. The van der Waals surface area contributed by atoms with Gasteiger partial charge in [-0.05, 0) is 25.0 Å². The third kappa shape index (κ3) is 3.11. The van der Waals surface area contributed by atoms with Crippen LogP contribution in [0.25, 0.3) is 11.4 Å².